The van der Waals surface area contributed by atoms with E-state index in [0.717, 1.165) is 5.56 Å². The molecule has 1 aromatic heterocycles. The van der Waals surface area contributed by atoms with Gasteiger partial charge in [-0.2, -0.15) is 0 Å². The van der Waals surface area contributed by atoms with Crippen LogP contribution in [0.15, 0.2) is 41.8 Å². The highest BCUT2D eigenvalue weighted by Gasteiger charge is 2.14. The smallest absolute Gasteiger partial charge is 0.230 e. The minimum atomic E-state index is -0.398. The highest BCUT2D eigenvalue weighted by molar-refractivity contribution is 7.13. The third-order valence-electron chi connectivity index (χ3n) is 3.54. The van der Waals surface area contributed by atoms with Crippen molar-refractivity contribution in [1.82, 2.24) is 4.98 Å². The van der Waals surface area contributed by atoms with Crippen molar-refractivity contribution in [2.75, 3.05) is 5.32 Å². The molecule has 0 bridgehead atoms. The van der Waals surface area contributed by atoms with Crippen LogP contribution in [-0.4, -0.2) is 10.9 Å². The monoisotopic (exact) mass is 394 g/mol. The van der Waals surface area contributed by atoms with Gasteiger partial charge < -0.3 is 5.32 Å². The van der Waals surface area contributed by atoms with Crippen LogP contribution in [-0.2, 0) is 11.2 Å². The first-order valence-corrected chi connectivity index (χ1v) is 9.02. The first kappa shape index (κ1) is 17.9. The average molecular weight is 395 g/mol. The molecule has 3 nitrogen and oxygen atoms in total. The van der Waals surface area contributed by atoms with Crippen molar-refractivity contribution in [3.8, 4) is 10.6 Å². The van der Waals surface area contributed by atoms with Gasteiger partial charge in [0.25, 0.3) is 0 Å². The third kappa shape index (κ3) is 4.18. The second-order valence-corrected chi connectivity index (χ2v) is 7.10. The van der Waals surface area contributed by atoms with Gasteiger partial charge in [0.15, 0.2) is 0 Å². The van der Waals surface area contributed by atoms with Crippen molar-refractivity contribution >= 4 is 46.1 Å². The Morgan fingerprint density at radius 3 is 2.68 bits per heavy atom. The van der Waals surface area contributed by atoms with Gasteiger partial charge in [0, 0.05) is 16.6 Å². The summed E-state index contributed by atoms with van der Waals surface area (Å²) in [5.41, 5.74) is 2.50. The fourth-order valence-corrected chi connectivity index (χ4v) is 3.87. The molecule has 25 heavy (non-hydrogen) atoms. The number of nitrogens with zero attached hydrogens (tertiary/aromatic N) is 1. The van der Waals surface area contributed by atoms with Crippen LogP contribution in [0.4, 0.5) is 10.1 Å². The van der Waals surface area contributed by atoms with E-state index in [0.29, 0.717) is 32.0 Å². The van der Waals surface area contributed by atoms with Crippen LogP contribution < -0.4 is 5.32 Å². The number of carbonyl (C=O) groups is 1. The zero-order chi connectivity index (χ0) is 18.0. The van der Waals surface area contributed by atoms with Crippen molar-refractivity contribution in [3.63, 3.8) is 0 Å². The van der Waals surface area contributed by atoms with E-state index in [9.17, 15) is 9.18 Å². The molecule has 2 aromatic carbocycles. The number of carbonyl (C=O) groups excluding carboxylic acids is 1. The number of hydrogen-bond acceptors (Lipinski definition) is 3. The first-order valence-electron chi connectivity index (χ1n) is 7.39. The number of halogens is 3. The van der Waals surface area contributed by atoms with E-state index in [-0.39, 0.29) is 12.3 Å². The van der Waals surface area contributed by atoms with Crippen molar-refractivity contribution in [1.29, 1.82) is 0 Å². The van der Waals surface area contributed by atoms with Gasteiger partial charge >= 0.3 is 0 Å². The van der Waals surface area contributed by atoms with Crippen molar-refractivity contribution in [3.05, 3.63) is 68.9 Å². The molecule has 0 unspecified atom stereocenters. The molecule has 0 saturated heterocycles. The normalized spacial score (nSPS) is 10.7. The number of thiazole rings is 1. The molecule has 1 N–H and O–H groups in total. The van der Waals surface area contributed by atoms with Crippen molar-refractivity contribution < 1.29 is 9.18 Å². The molecule has 1 heterocycles. The van der Waals surface area contributed by atoms with Gasteiger partial charge in [-0.1, -0.05) is 35.3 Å². The van der Waals surface area contributed by atoms with Gasteiger partial charge in [-0.05, 0) is 36.8 Å². The van der Waals surface area contributed by atoms with Gasteiger partial charge in [0.05, 0.1) is 22.2 Å². The summed E-state index contributed by atoms with van der Waals surface area (Å²) >= 11 is 13.7. The Morgan fingerprint density at radius 2 is 1.96 bits per heavy atom. The number of hydrogen-bond donors (Lipinski definition) is 1. The lowest BCUT2D eigenvalue weighted by molar-refractivity contribution is -0.115. The first-order chi connectivity index (χ1) is 11.9. The van der Waals surface area contributed by atoms with Gasteiger partial charge in [-0.25, -0.2) is 9.37 Å². The average Bonchev–Trinajstić information content (AvgIpc) is 2.98. The maximum Gasteiger partial charge on any atom is 0.230 e. The number of anilines is 1. The lowest BCUT2D eigenvalue weighted by Gasteiger charge is -2.07. The summed E-state index contributed by atoms with van der Waals surface area (Å²) in [6.07, 6.45) is 0.0779. The Morgan fingerprint density at radius 1 is 1.24 bits per heavy atom. The summed E-state index contributed by atoms with van der Waals surface area (Å²) in [6, 6.07) is 9.50. The lowest BCUT2D eigenvalue weighted by atomic mass is 10.2. The van der Waals surface area contributed by atoms with Crippen LogP contribution in [0.1, 0.15) is 11.3 Å². The molecule has 3 aromatic rings. The molecule has 0 aliphatic rings. The predicted octanol–water partition coefficient (Wildman–Crippen LogP) is 5.75. The van der Waals surface area contributed by atoms with E-state index >= 15 is 0 Å². The minimum Gasteiger partial charge on any atom is -0.325 e. The molecular formula is C18H13Cl2FN2OS. The summed E-state index contributed by atoms with van der Waals surface area (Å²) in [5.74, 6) is -0.666. The van der Waals surface area contributed by atoms with E-state index < -0.39 is 5.82 Å². The van der Waals surface area contributed by atoms with E-state index in [1.807, 2.05) is 0 Å². The number of rotatable bonds is 4. The summed E-state index contributed by atoms with van der Waals surface area (Å²) in [6.45, 7) is 1.80. The van der Waals surface area contributed by atoms with Crippen LogP contribution in [0.25, 0.3) is 10.6 Å². The third-order valence-corrected chi connectivity index (χ3v) is 5.08. The summed E-state index contributed by atoms with van der Waals surface area (Å²) in [5, 5.41) is 6.16. The Kier molecular flexibility index (Phi) is 5.37. The summed E-state index contributed by atoms with van der Waals surface area (Å²) in [4.78, 5) is 16.6. The van der Waals surface area contributed by atoms with Gasteiger partial charge in [0.2, 0.25) is 5.91 Å². The van der Waals surface area contributed by atoms with Crippen LogP contribution in [0.3, 0.4) is 0 Å². The molecular weight excluding hydrogens is 382 g/mol. The summed E-state index contributed by atoms with van der Waals surface area (Å²) in [7, 11) is 0. The fourth-order valence-electron chi connectivity index (χ4n) is 2.29. The van der Waals surface area contributed by atoms with E-state index in [1.54, 1.807) is 36.6 Å². The topological polar surface area (TPSA) is 42.0 Å². The second-order valence-electron chi connectivity index (χ2n) is 5.42. The Balaban J connectivity index is 1.75. The SMILES string of the molecule is Cc1ccc(F)cc1NC(=O)Cc1csc(-c2c(Cl)cccc2Cl)n1. The molecule has 0 radical (unpaired) electrons. The van der Waals surface area contributed by atoms with Crippen LogP contribution in [0, 0.1) is 12.7 Å². The standard InChI is InChI=1S/C18H13Cl2FN2OS/c1-10-5-6-11(21)7-15(10)23-16(24)8-12-9-25-18(22-12)17-13(19)3-2-4-14(17)20/h2-7,9H,8H2,1H3,(H,23,24). The molecule has 0 fully saturated rings. The molecule has 128 valence electrons. The molecule has 0 spiro atoms. The molecule has 0 saturated carbocycles. The zero-order valence-electron chi connectivity index (χ0n) is 13.1. The van der Waals surface area contributed by atoms with E-state index in [4.69, 9.17) is 23.2 Å². The Labute approximate surface area is 158 Å². The second kappa shape index (κ2) is 7.52. The maximum atomic E-state index is 13.3. The molecule has 1 amide bonds. The number of aryl methyl sites for hydroxylation is 1. The molecule has 0 aliphatic carbocycles. The Hall–Kier alpha value is -1.95. The predicted molar refractivity (Wildman–Crippen MR) is 101 cm³/mol. The lowest BCUT2D eigenvalue weighted by Crippen LogP contribution is -2.15. The van der Waals surface area contributed by atoms with Crippen LogP contribution >= 0.6 is 34.5 Å². The number of aromatic nitrogens is 1. The van der Waals surface area contributed by atoms with Crippen LogP contribution in [0.2, 0.25) is 10.0 Å². The van der Waals surface area contributed by atoms with Gasteiger partial charge in [-0.3, -0.25) is 4.79 Å². The molecule has 0 atom stereocenters. The quantitative estimate of drug-likeness (QED) is 0.612. The largest absolute Gasteiger partial charge is 0.325 e. The van der Waals surface area contributed by atoms with Crippen LogP contribution in [0.5, 0.6) is 0 Å². The fraction of sp³-hybridized carbons (Fsp3) is 0.111. The highest BCUT2D eigenvalue weighted by atomic mass is 35.5. The van der Waals surface area contributed by atoms with E-state index in [2.05, 4.69) is 10.3 Å². The van der Waals surface area contributed by atoms with Crippen molar-refractivity contribution in [2.45, 2.75) is 13.3 Å². The number of nitrogens with one attached hydrogen (secondary N) is 1. The minimum absolute atomic E-state index is 0.0779. The van der Waals surface area contributed by atoms with E-state index in [1.165, 1.54) is 23.5 Å². The van der Waals surface area contributed by atoms with Gasteiger partial charge in [0.1, 0.15) is 10.8 Å². The number of benzene rings is 2. The zero-order valence-corrected chi connectivity index (χ0v) is 15.5. The van der Waals surface area contributed by atoms with Crippen molar-refractivity contribution in [2.24, 2.45) is 0 Å². The maximum absolute atomic E-state index is 13.3. The number of amides is 1. The molecule has 7 heteroatoms. The summed E-state index contributed by atoms with van der Waals surface area (Å²) < 4.78 is 13.3. The van der Waals surface area contributed by atoms with Gasteiger partial charge in [-0.15, -0.1) is 11.3 Å². The molecule has 3 rings (SSSR count). The molecule has 0 aliphatic heterocycles. The highest BCUT2D eigenvalue weighted by Crippen LogP contribution is 2.36. The Bertz CT molecular complexity index is 922.